The van der Waals surface area contributed by atoms with E-state index in [0.717, 1.165) is 12.1 Å². The molecule has 1 aliphatic rings. The molecule has 2 heterocycles. The Labute approximate surface area is 140 Å². The van der Waals surface area contributed by atoms with Crippen molar-refractivity contribution in [2.75, 3.05) is 5.73 Å². The molecule has 0 bridgehead atoms. The van der Waals surface area contributed by atoms with Crippen molar-refractivity contribution in [1.82, 2.24) is 20.0 Å². The molecule has 1 aromatic carbocycles. The number of nitrogens with zero attached hydrogens (tertiary/aromatic N) is 4. The van der Waals surface area contributed by atoms with E-state index in [2.05, 4.69) is 51.8 Å². The SMILES string of the molecule is Nc1cc(OCc2ccc(Cn3ccc(C4CC4)n3)cc2)cnn1. The van der Waals surface area contributed by atoms with E-state index in [4.69, 9.17) is 10.5 Å². The molecule has 6 heteroatoms. The number of anilines is 1. The Kier molecular flexibility index (Phi) is 3.86. The lowest BCUT2D eigenvalue weighted by Gasteiger charge is -2.07. The lowest BCUT2D eigenvalue weighted by molar-refractivity contribution is 0.304. The smallest absolute Gasteiger partial charge is 0.149 e. The number of ether oxygens (including phenoxy) is 1. The summed E-state index contributed by atoms with van der Waals surface area (Å²) in [6, 6.07) is 12.1. The molecule has 0 aliphatic heterocycles. The van der Waals surface area contributed by atoms with Crippen LogP contribution in [0, 0.1) is 0 Å². The second kappa shape index (κ2) is 6.31. The van der Waals surface area contributed by atoms with Gasteiger partial charge in [0, 0.05) is 18.2 Å². The molecule has 122 valence electrons. The Morgan fingerprint density at radius 2 is 1.92 bits per heavy atom. The fourth-order valence-corrected chi connectivity index (χ4v) is 2.60. The maximum atomic E-state index is 5.67. The van der Waals surface area contributed by atoms with Crippen molar-refractivity contribution in [2.45, 2.75) is 31.9 Å². The average Bonchev–Trinajstić information content (AvgIpc) is 3.34. The summed E-state index contributed by atoms with van der Waals surface area (Å²) in [6.07, 6.45) is 6.18. The Hall–Kier alpha value is -2.89. The summed E-state index contributed by atoms with van der Waals surface area (Å²) in [5.74, 6) is 1.67. The topological polar surface area (TPSA) is 78.9 Å². The molecule has 24 heavy (non-hydrogen) atoms. The first-order valence-corrected chi connectivity index (χ1v) is 8.08. The molecular weight excluding hydrogens is 302 g/mol. The molecule has 4 rings (SSSR count). The van der Waals surface area contributed by atoms with Gasteiger partial charge in [0.15, 0.2) is 0 Å². The third kappa shape index (κ3) is 3.53. The molecule has 0 unspecified atom stereocenters. The second-order valence-corrected chi connectivity index (χ2v) is 6.13. The van der Waals surface area contributed by atoms with Crippen molar-refractivity contribution in [2.24, 2.45) is 0 Å². The predicted octanol–water partition coefficient (Wildman–Crippen LogP) is 2.76. The number of hydrogen-bond acceptors (Lipinski definition) is 5. The molecule has 6 nitrogen and oxygen atoms in total. The third-order valence-electron chi connectivity index (χ3n) is 4.08. The molecule has 0 spiro atoms. The van der Waals surface area contributed by atoms with Gasteiger partial charge in [0.2, 0.25) is 0 Å². The Bertz CT molecular complexity index is 823. The van der Waals surface area contributed by atoms with Gasteiger partial charge >= 0.3 is 0 Å². The van der Waals surface area contributed by atoms with E-state index in [-0.39, 0.29) is 0 Å². The second-order valence-electron chi connectivity index (χ2n) is 6.13. The van der Waals surface area contributed by atoms with Gasteiger partial charge in [-0.15, -0.1) is 5.10 Å². The van der Waals surface area contributed by atoms with Crippen LogP contribution < -0.4 is 10.5 Å². The van der Waals surface area contributed by atoms with Gasteiger partial charge in [-0.05, 0) is 30.0 Å². The quantitative estimate of drug-likeness (QED) is 0.755. The van der Waals surface area contributed by atoms with E-state index in [1.807, 2.05) is 4.68 Å². The molecule has 2 N–H and O–H groups in total. The first kappa shape index (κ1) is 14.7. The van der Waals surface area contributed by atoms with Crippen LogP contribution in [0.3, 0.4) is 0 Å². The number of nitrogens with two attached hydrogens (primary N) is 1. The number of hydrogen-bond donors (Lipinski definition) is 1. The van der Waals surface area contributed by atoms with E-state index < -0.39 is 0 Å². The zero-order valence-electron chi connectivity index (χ0n) is 13.3. The van der Waals surface area contributed by atoms with Crippen LogP contribution in [-0.2, 0) is 13.2 Å². The number of nitrogen functional groups attached to an aromatic ring is 1. The van der Waals surface area contributed by atoms with Gasteiger partial charge < -0.3 is 10.5 Å². The normalized spacial score (nSPS) is 13.8. The van der Waals surface area contributed by atoms with Gasteiger partial charge in [0.1, 0.15) is 18.2 Å². The van der Waals surface area contributed by atoms with Crippen LogP contribution in [-0.4, -0.2) is 20.0 Å². The Morgan fingerprint density at radius 1 is 1.12 bits per heavy atom. The standard InChI is InChI=1S/C18H19N5O/c19-18-9-16(10-20-21-18)24-12-14-3-1-13(2-4-14)11-23-8-7-17(22-23)15-5-6-15/h1-4,7-10,15H,5-6,11-12H2,(H2,19,21). The number of aromatic nitrogens is 4. The van der Waals surface area contributed by atoms with Crippen LogP contribution in [0.4, 0.5) is 5.82 Å². The molecule has 0 radical (unpaired) electrons. The molecule has 1 saturated carbocycles. The van der Waals surface area contributed by atoms with Crippen molar-refractivity contribution in [3.63, 3.8) is 0 Å². The van der Waals surface area contributed by atoms with E-state index in [1.54, 1.807) is 12.3 Å². The van der Waals surface area contributed by atoms with Crippen LogP contribution in [0.2, 0.25) is 0 Å². The van der Waals surface area contributed by atoms with E-state index in [0.29, 0.717) is 24.1 Å². The number of benzene rings is 1. The maximum absolute atomic E-state index is 5.67. The zero-order valence-corrected chi connectivity index (χ0v) is 13.3. The molecular formula is C18H19N5O. The molecule has 0 amide bonds. The number of rotatable bonds is 6. The summed E-state index contributed by atoms with van der Waals surface area (Å²) < 4.78 is 7.67. The molecule has 3 aromatic rings. The summed E-state index contributed by atoms with van der Waals surface area (Å²) in [5, 5.41) is 12.1. The summed E-state index contributed by atoms with van der Waals surface area (Å²) in [6.45, 7) is 1.26. The first-order valence-electron chi connectivity index (χ1n) is 8.08. The summed E-state index contributed by atoms with van der Waals surface area (Å²) in [7, 11) is 0. The van der Waals surface area contributed by atoms with Crippen LogP contribution in [0.1, 0.15) is 35.6 Å². The van der Waals surface area contributed by atoms with Crippen LogP contribution >= 0.6 is 0 Å². The van der Waals surface area contributed by atoms with Gasteiger partial charge in [0.25, 0.3) is 0 Å². The monoisotopic (exact) mass is 321 g/mol. The van der Waals surface area contributed by atoms with Crippen molar-refractivity contribution in [1.29, 1.82) is 0 Å². The lowest BCUT2D eigenvalue weighted by Crippen LogP contribution is -2.02. The summed E-state index contributed by atoms with van der Waals surface area (Å²) in [4.78, 5) is 0. The molecule has 1 fully saturated rings. The van der Waals surface area contributed by atoms with E-state index >= 15 is 0 Å². The average molecular weight is 321 g/mol. The van der Waals surface area contributed by atoms with Gasteiger partial charge in [0.05, 0.1) is 18.4 Å². The highest BCUT2D eigenvalue weighted by Gasteiger charge is 2.25. The fraction of sp³-hybridized carbons (Fsp3) is 0.278. The summed E-state index contributed by atoms with van der Waals surface area (Å²) in [5.41, 5.74) is 9.12. The predicted molar refractivity (Wildman–Crippen MR) is 90.5 cm³/mol. The minimum atomic E-state index is 0.354. The zero-order chi connectivity index (χ0) is 16.4. The van der Waals surface area contributed by atoms with Crippen molar-refractivity contribution >= 4 is 5.82 Å². The minimum absolute atomic E-state index is 0.354. The van der Waals surface area contributed by atoms with E-state index in [9.17, 15) is 0 Å². The van der Waals surface area contributed by atoms with Gasteiger partial charge in [-0.3, -0.25) is 4.68 Å². The Morgan fingerprint density at radius 3 is 2.67 bits per heavy atom. The molecule has 1 aliphatic carbocycles. The van der Waals surface area contributed by atoms with Crippen molar-refractivity contribution in [3.05, 3.63) is 65.6 Å². The molecule has 2 aromatic heterocycles. The van der Waals surface area contributed by atoms with Crippen LogP contribution in [0.5, 0.6) is 5.75 Å². The minimum Gasteiger partial charge on any atom is -0.487 e. The highest BCUT2D eigenvalue weighted by Crippen LogP contribution is 2.38. The van der Waals surface area contributed by atoms with Crippen LogP contribution in [0.25, 0.3) is 0 Å². The summed E-state index contributed by atoms with van der Waals surface area (Å²) >= 11 is 0. The largest absolute Gasteiger partial charge is 0.487 e. The third-order valence-corrected chi connectivity index (χ3v) is 4.08. The first-order chi connectivity index (χ1) is 11.8. The molecule has 0 saturated heterocycles. The Balaban J connectivity index is 1.35. The molecule has 0 atom stereocenters. The highest BCUT2D eigenvalue weighted by atomic mass is 16.5. The van der Waals surface area contributed by atoms with E-state index in [1.165, 1.54) is 24.1 Å². The van der Waals surface area contributed by atoms with Gasteiger partial charge in [-0.1, -0.05) is 24.3 Å². The lowest BCUT2D eigenvalue weighted by atomic mass is 10.1. The maximum Gasteiger partial charge on any atom is 0.149 e. The highest BCUT2D eigenvalue weighted by molar-refractivity contribution is 5.33. The van der Waals surface area contributed by atoms with Crippen molar-refractivity contribution < 1.29 is 4.74 Å². The fourth-order valence-electron chi connectivity index (χ4n) is 2.60. The van der Waals surface area contributed by atoms with Gasteiger partial charge in [-0.25, -0.2) is 0 Å². The van der Waals surface area contributed by atoms with Crippen molar-refractivity contribution in [3.8, 4) is 5.75 Å². The van der Waals surface area contributed by atoms with Gasteiger partial charge in [-0.2, -0.15) is 10.2 Å². The van der Waals surface area contributed by atoms with Crippen LogP contribution in [0.15, 0.2) is 48.8 Å².